The number of aryl methyl sites for hydroxylation is 1. The minimum Gasteiger partial charge on any atom is -0.130 e. The van der Waals surface area contributed by atoms with Crippen LogP contribution in [-0.2, 0) is 0 Å². The number of hydrogen-bond acceptors (Lipinski definition) is 3. The first-order chi connectivity index (χ1) is 2.89. The molecule has 0 N–H and O–H groups in total. The van der Waals surface area contributed by atoms with Crippen molar-refractivity contribution in [2.45, 2.75) is 6.92 Å². The van der Waals surface area contributed by atoms with Crippen LogP contribution in [0.4, 0.5) is 0 Å². The Morgan fingerprint density at radius 1 is 1.67 bits per heavy atom. The van der Waals surface area contributed by atoms with Gasteiger partial charge in [-0.15, -0.1) is 9.96 Å². The lowest BCUT2D eigenvalue weighted by Crippen LogP contribution is -1.66. The highest BCUT2D eigenvalue weighted by Crippen LogP contribution is 1.98. The van der Waals surface area contributed by atoms with Crippen molar-refractivity contribution in [1.29, 1.82) is 0 Å². The van der Waals surface area contributed by atoms with Crippen LogP contribution >= 0.6 is 8.35 Å². The van der Waals surface area contributed by atoms with Gasteiger partial charge < -0.3 is 0 Å². The molecule has 1 aromatic rings. The molecule has 3 nitrogen and oxygen atoms in total. The topological polar surface area (TPSA) is 38.7 Å². The lowest BCUT2D eigenvalue weighted by molar-refractivity contribution is 0.938. The van der Waals surface area contributed by atoms with E-state index in [1.54, 1.807) is 0 Å². The molecule has 0 aliphatic heterocycles. The zero-order valence-corrected chi connectivity index (χ0v) is 4.34. The van der Waals surface area contributed by atoms with Gasteiger partial charge in [0.2, 0.25) is 0 Å². The molecule has 0 aliphatic rings. The van der Waals surface area contributed by atoms with Crippen molar-refractivity contribution in [1.82, 2.24) is 15.2 Å². The summed E-state index contributed by atoms with van der Waals surface area (Å²) in [5, 5.41) is 7.01. The predicted octanol–water partition coefficient (Wildman–Crippen LogP) is 0.211. The summed E-state index contributed by atoms with van der Waals surface area (Å²) in [5.74, 6) is 0. The van der Waals surface area contributed by atoms with Crippen LogP contribution in [0, 0.1) is 6.92 Å². The van der Waals surface area contributed by atoms with E-state index in [2.05, 4.69) is 15.2 Å². The molecule has 1 rings (SSSR count). The highest BCUT2D eigenvalue weighted by Gasteiger charge is 1.78. The summed E-state index contributed by atoms with van der Waals surface area (Å²) in [6, 6.07) is 0. The third-order valence-electron chi connectivity index (χ3n) is 0.451. The first-order valence-corrected chi connectivity index (χ1v) is 2.54. The minimum absolute atomic E-state index is 0.491. The Hall–Kier alpha value is -0.430. The molecular formula is C2H4N3P. The molecule has 0 aromatic carbocycles. The molecule has 1 aromatic heterocycles. The van der Waals surface area contributed by atoms with Gasteiger partial charge in [-0.1, -0.05) is 0 Å². The predicted molar refractivity (Wildman–Crippen MR) is 24.1 cm³/mol. The quantitative estimate of drug-likeness (QED) is 0.469. The molecule has 0 bridgehead atoms. The van der Waals surface area contributed by atoms with E-state index in [-0.39, 0.29) is 0 Å². The fourth-order valence-electron chi connectivity index (χ4n) is 0.207. The first kappa shape index (κ1) is 3.75. The number of aromatic nitrogens is 3. The van der Waals surface area contributed by atoms with E-state index in [0.717, 1.165) is 5.43 Å². The molecule has 0 aliphatic carbocycles. The maximum absolute atomic E-state index is 3.62. The molecule has 1 unspecified atom stereocenters. The van der Waals surface area contributed by atoms with E-state index in [9.17, 15) is 0 Å². The van der Waals surface area contributed by atoms with Gasteiger partial charge in [-0.3, -0.25) is 0 Å². The summed E-state index contributed by atoms with van der Waals surface area (Å²) >= 11 is 0. The summed E-state index contributed by atoms with van der Waals surface area (Å²) in [4.78, 5) is 3.61. The number of hydrogen-bond donors (Lipinski definition) is 0. The summed E-state index contributed by atoms with van der Waals surface area (Å²) in [7, 11) is 0.491. The van der Waals surface area contributed by atoms with E-state index < -0.39 is 0 Å². The van der Waals surface area contributed by atoms with Crippen LogP contribution in [0.5, 0.6) is 0 Å². The smallest absolute Gasteiger partial charge is 0.0971 e. The van der Waals surface area contributed by atoms with Crippen LogP contribution in [0.15, 0.2) is 0 Å². The van der Waals surface area contributed by atoms with E-state index >= 15 is 0 Å². The van der Waals surface area contributed by atoms with Crippen molar-refractivity contribution in [2.24, 2.45) is 0 Å². The number of nitrogens with zero attached hydrogens (tertiary/aromatic N) is 3. The maximum Gasteiger partial charge on any atom is 0.0971 e. The van der Waals surface area contributed by atoms with Crippen LogP contribution in [0.3, 0.4) is 0 Å². The molecule has 0 radical (unpaired) electrons. The summed E-state index contributed by atoms with van der Waals surface area (Å²) in [6.45, 7) is 1.92. The monoisotopic (exact) mass is 101 g/mol. The van der Waals surface area contributed by atoms with E-state index in [4.69, 9.17) is 0 Å². The van der Waals surface area contributed by atoms with Gasteiger partial charge in [0, 0.05) is 8.35 Å². The van der Waals surface area contributed by atoms with Gasteiger partial charge in [-0.05, 0) is 12.1 Å². The van der Waals surface area contributed by atoms with Crippen molar-refractivity contribution < 1.29 is 0 Å². The molecular weight excluding hydrogens is 97.0 g/mol. The van der Waals surface area contributed by atoms with Crippen molar-refractivity contribution in [2.75, 3.05) is 0 Å². The molecule has 1 atom stereocenters. The molecule has 0 saturated heterocycles. The van der Waals surface area contributed by atoms with E-state index in [1.807, 2.05) is 6.92 Å². The van der Waals surface area contributed by atoms with Crippen LogP contribution < -0.4 is 0 Å². The Morgan fingerprint density at radius 3 is 2.67 bits per heavy atom. The lowest BCUT2D eigenvalue weighted by atomic mass is 10.9. The number of rotatable bonds is 0. The van der Waals surface area contributed by atoms with Gasteiger partial charge in [0.15, 0.2) is 0 Å². The average molecular weight is 101 g/mol. The highest BCUT2D eigenvalue weighted by atomic mass is 31.0. The third-order valence-corrected chi connectivity index (χ3v) is 1.06. The summed E-state index contributed by atoms with van der Waals surface area (Å²) < 4.78 is 0. The van der Waals surface area contributed by atoms with Crippen molar-refractivity contribution in [3.8, 4) is 0 Å². The Labute approximate surface area is 36.9 Å². The Balaban J connectivity index is 3.05. The van der Waals surface area contributed by atoms with Crippen LogP contribution in [0.25, 0.3) is 0 Å². The van der Waals surface area contributed by atoms with Gasteiger partial charge in [-0.25, -0.2) is 0 Å². The molecule has 6 heavy (non-hydrogen) atoms. The van der Waals surface area contributed by atoms with Crippen molar-refractivity contribution >= 4 is 8.35 Å². The van der Waals surface area contributed by atoms with Crippen LogP contribution in [0.1, 0.15) is 5.43 Å². The second-order valence-electron chi connectivity index (χ2n) is 0.987. The first-order valence-electron chi connectivity index (χ1n) is 1.60. The van der Waals surface area contributed by atoms with Crippen LogP contribution in [0.2, 0.25) is 0 Å². The van der Waals surface area contributed by atoms with E-state index in [0.29, 0.717) is 8.35 Å². The fraction of sp³-hybridized carbons (Fsp3) is 0.500. The molecule has 0 saturated carbocycles. The zero-order chi connectivity index (χ0) is 4.41. The maximum atomic E-state index is 3.62. The molecule has 32 valence electrons. The Kier molecular flexibility index (Phi) is 0.843. The summed E-state index contributed by atoms with van der Waals surface area (Å²) in [6.07, 6.45) is 0. The largest absolute Gasteiger partial charge is 0.130 e. The molecule has 0 fully saturated rings. The molecule has 4 heteroatoms. The third kappa shape index (κ3) is 0.546. The van der Waals surface area contributed by atoms with Crippen LogP contribution in [-0.4, -0.2) is 15.2 Å². The second-order valence-corrected chi connectivity index (χ2v) is 2.13. The van der Waals surface area contributed by atoms with Crippen molar-refractivity contribution in [3.63, 3.8) is 0 Å². The molecule has 1 heterocycles. The van der Waals surface area contributed by atoms with Gasteiger partial charge >= 0.3 is 0 Å². The van der Waals surface area contributed by atoms with Crippen molar-refractivity contribution in [3.05, 3.63) is 5.43 Å². The Morgan fingerprint density at radius 2 is 2.50 bits per heavy atom. The lowest BCUT2D eigenvalue weighted by Gasteiger charge is -1.60. The molecule has 0 spiro atoms. The standard InChI is InChI=1S/C2H4N3P/c1-2-3-4-5-6-2/h6H,1H3. The fourth-order valence-corrected chi connectivity index (χ4v) is 0.530. The normalized spacial score (nSPS) is 10.2. The summed E-state index contributed by atoms with van der Waals surface area (Å²) in [5.41, 5.74) is 1.02. The zero-order valence-electron chi connectivity index (χ0n) is 3.34. The minimum atomic E-state index is 0.491. The van der Waals surface area contributed by atoms with Gasteiger partial charge in [0.05, 0.1) is 5.43 Å². The average Bonchev–Trinajstić information content (AvgIpc) is 1.86. The second kappa shape index (κ2) is 1.35. The SMILES string of the molecule is Cc1nnn[pH]1. The molecule has 0 amide bonds. The van der Waals surface area contributed by atoms with E-state index in [1.165, 1.54) is 0 Å². The van der Waals surface area contributed by atoms with Gasteiger partial charge in [-0.2, -0.15) is 0 Å². The van der Waals surface area contributed by atoms with Gasteiger partial charge in [0.1, 0.15) is 0 Å². The Bertz CT molecular complexity index is 112. The van der Waals surface area contributed by atoms with Gasteiger partial charge in [0.25, 0.3) is 0 Å². The highest BCUT2D eigenvalue weighted by molar-refractivity contribution is 7.25.